The monoisotopic (exact) mass is 267 g/mol. The molecule has 1 N–H and O–H groups in total. The molecule has 1 aromatic rings. The summed E-state index contributed by atoms with van der Waals surface area (Å²) < 4.78 is 13.9. The molecule has 2 fully saturated rings. The van der Waals surface area contributed by atoms with Crippen molar-refractivity contribution in [1.82, 2.24) is 0 Å². The van der Waals surface area contributed by atoms with Crippen LogP contribution in [0.4, 0.5) is 10.1 Å². The van der Waals surface area contributed by atoms with Crippen molar-refractivity contribution < 1.29 is 4.39 Å². The quantitative estimate of drug-likeness (QED) is 0.795. The van der Waals surface area contributed by atoms with Crippen LogP contribution in [0.25, 0.3) is 0 Å². The predicted octanol–water partition coefficient (Wildman–Crippen LogP) is 5.00. The summed E-state index contributed by atoms with van der Waals surface area (Å²) in [6.07, 6.45) is 9.07. The van der Waals surface area contributed by atoms with Crippen LogP contribution in [0.1, 0.15) is 44.9 Å². The molecule has 0 heterocycles. The van der Waals surface area contributed by atoms with E-state index in [4.69, 9.17) is 11.6 Å². The van der Waals surface area contributed by atoms with E-state index < -0.39 is 0 Å². The first-order valence-electron chi connectivity index (χ1n) is 6.92. The molecule has 0 amide bonds. The van der Waals surface area contributed by atoms with Crippen LogP contribution in [0.15, 0.2) is 18.2 Å². The summed E-state index contributed by atoms with van der Waals surface area (Å²) in [7, 11) is 0. The van der Waals surface area contributed by atoms with Gasteiger partial charge in [-0.05, 0) is 43.2 Å². The maximum absolute atomic E-state index is 13.9. The van der Waals surface area contributed by atoms with Gasteiger partial charge in [-0.25, -0.2) is 4.39 Å². The van der Waals surface area contributed by atoms with Crippen molar-refractivity contribution in [2.45, 2.75) is 51.0 Å². The average molecular weight is 268 g/mol. The lowest BCUT2D eigenvalue weighted by Crippen LogP contribution is -2.50. The van der Waals surface area contributed by atoms with Gasteiger partial charge in [0.2, 0.25) is 0 Å². The lowest BCUT2D eigenvalue weighted by molar-refractivity contribution is 0.0569. The summed E-state index contributed by atoms with van der Waals surface area (Å²) in [6.45, 7) is 0. The lowest BCUT2D eigenvalue weighted by atomic mass is 9.57. The Hall–Kier alpha value is -0.760. The highest BCUT2D eigenvalue weighted by atomic mass is 35.5. The van der Waals surface area contributed by atoms with Crippen molar-refractivity contribution in [3.05, 3.63) is 29.0 Å². The van der Waals surface area contributed by atoms with Crippen molar-refractivity contribution in [3.8, 4) is 0 Å². The molecule has 0 bridgehead atoms. The van der Waals surface area contributed by atoms with Gasteiger partial charge in [-0.15, -0.1) is 0 Å². The van der Waals surface area contributed by atoms with Gasteiger partial charge in [0.1, 0.15) is 0 Å². The van der Waals surface area contributed by atoms with Gasteiger partial charge in [0, 0.05) is 6.04 Å². The molecule has 0 aliphatic heterocycles. The van der Waals surface area contributed by atoms with Gasteiger partial charge in [-0.1, -0.05) is 36.9 Å². The molecule has 3 rings (SSSR count). The zero-order valence-electron chi connectivity index (χ0n) is 10.5. The van der Waals surface area contributed by atoms with Gasteiger partial charge in [0.05, 0.1) is 10.7 Å². The van der Waals surface area contributed by atoms with Gasteiger partial charge < -0.3 is 5.32 Å². The number of nitrogens with one attached hydrogen (secondary N) is 1. The van der Waals surface area contributed by atoms with Crippen LogP contribution in [-0.2, 0) is 0 Å². The number of halogens is 2. The van der Waals surface area contributed by atoms with Crippen molar-refractivity contribution in [2.75, 3.05) is 5.32 Å². The topological polar surface area (TPSA) is 12.0 Å². The first kappa shape index (κ1) is 12.3. The standard InChI is InChI=1S/C15H19ClFN/c16-11-5-4-6-12(14(11)17)18-13-7-10-15(13)8-2-1-3-9-15/h4-6,13,18H,1-3,7-10H2. The van der Waals surface area contributed by atoms with E-state index in [0.717, 1.165) is 6.42 Å². The van der Waals surface area contributed by atoms with Gasteiger partial charge in [0.15, 0.2) is 5.82 Å². The molecule has 18 heavy (non-hydrogen) atoms. The Morgan fingerprint density at radius 3 is 2.61 bits per heavy atom. The summed E-state index contributed by atoms with van der Waals surface area (Å²) in [5, 5.41) is 3.59. The van der Waals surface area contributed by atoms with E-state index in [-0.39, 0.29) is 10.8 Å². The molecule has 1 unspecified atom stereocenters. The molecular formula is C15H19ClFN. The number of hydrogen-bond acceptors (Lipinski definition) is 1. The number of anilines is 1. The highest BCUT2D eigenvalue weighted by Gasteiger charge is 2.46. The minimum atomic E-state index is -0.308. The lowest BCUT2D eigenvalue weighted by Gasteiger charge is -2.52. The number of benzene rings is 1. The van der Waals surface area contributed by atoms with Gasteiger partial charge in [0.25, 0.3) is 0 Å². The Kier molecular flexibility index (Phi) is 3.23. The highest BCUT2D eigenvalue weighted by molar-refractivity contribution is 6.31. The molecule has 3 heteroatoms. The van der Waals surface area contributed by atoms with Gasteiger partial charge >= 0.3 is 0 Å². The minimum Gasteiger partial charge on any atom is -0.379 e. The largest absolute Gasteiger partial charge is 0.379 e. The van der Waals surface area contributed by atoms with Crippen molar-refractivity contribution >= 4 is 17.3 Å². The molecule has 2 aliphatic carbocycles. The third-order valence-corrected chi connectivity index (χ3v) is 5.09. The van der Waals surface area contributed by atoms with Crippen LogP contribution in [0.5, 0.6) is 0 Å². The Bertz CT molecular complexity index is 440. The van der Waals surface area contributed by atoms with E-state index in [1.165, 1.54) is 38.5 Å². The molecule has 0 radical (unpaired) electrons. The zero-order valence-corrected chi connectivity index (χ0v) is 11.3. The number of rotatable bonds is 2. The molecule has 0 aromatic heterocycles. The van der Waals surface area contributed by atoms with Crippen LogP contribution < -0.4 is 5.32 Å². The van der Waals surface area contributed by atoms with Crippen LogP contribution in [0, 0.1) is 11.2 Å². The fourth-order valence-electron chi connectivity index (χ4n) is 3.58. The van der Waals surface area contributed by atoms with Gasteiger partial charge in [-0.2, -0.15) is 0 Å². The van der Waals surface area contributed by atoms with Crippen molar-refractivity contribution in [3.63, 3.8) is 0 Å². The fraction of sp³-hybridized carbons (Fsp3) is 0.600. The zero-order chi connectivity index (χ0) is 12.6. The van der Waals surface area contributed by atoms with E-state index in [0.29, 0.717) is 17.1 Å². The Morgan fingerprint density at radius 1 is 1.17 bits per heavy atom. The summed E-state index contributed by atoms with van der Waals surface area (Å²) in [5.41, 5.74) is 1.00. The summed E-state index contributed by atoms with van der Waals surface area (Å²) in [5.74, 6) is -0.308. The highest BCUT2D eigenvalue weighted by Crippen LogP contribution is 2.52. The molecule has 2 saturated carbocycles. The third-order valence-electron chi connectivity index (χ3n) is 4.80. The normalized spacial score (nSPS) is 25.8. The van der Waals surface area contributed by atoms with E-state index in [9.17, 15) is 4.39 Å². The van der Waals surface area contributed by atoms with Crippen LogP contribution in [0.2, 0.25) is 5.02 Å². The van der Waals surface area contributed by atoms with E-state index in [2.05, 4.69) is 5.32 Å². The fourth-order valence-corrected chi connectivity index (χ4v) is 3.75. The molecule has 0 saturated heterocycles. The number of hydrogen-bond donors (Lipinski definition) is 1. The van der Waals surface area contributed by atoms with E-state index in [1.54, 1.807) is 18.2 Å². The smallest absolute Gasteiger partial charge is 0.164 e. The third kappa shape index (κ3) is 2.01. The van der Waals surface area contributed by atoms with Crippen LogP contribution in [0.3, 0.4) is 0 Å². The summed E-state index contributed by atoms with van der Waals surface area (Å²) in [4.78, 5) is 0. The Balaban J connectivity index is 1.75. The molecular weight excluding hydrogens is 249 g/mol. The van der Waals surface area contributed by atoms with Crippen LogP contribution in [-0.4, -0.2) is 6.04 Å². The first-order valence-corrected chi connectivity index (χ1v) is 7.30. The first-order chi connectivity index (χ1) is 8.71. The SMILES string of the molecule is Fc1c(Cl)cccc1NC1CCC12CCCCC2. The van der Waals surface area contributed by atoms with Crippen molar-refractivity contribution in [1.29, 1.82) is 0 Å². The van der Waals surface area contributed by atoms with Gasteiger partial charge in [-0.3, -0.25) is 0 Å². The summed E-state index contributed by atoms with van der Waals surface area (Å²) in [6, 6.07) is 5.63. The molecule has 1 nitrogen and oxygen atoms in total. The molecule has 1 atom stereocenters. The maximum Gasteiger partial charge on any atom is 0.164 e. The second-order valence-electron chi connectivity index (χ2n) is 5.76. The Morgan fingerprint density at radius 2 is 1.94 bits per heavy atom. The van der Waals surface area contributed by atoms with Crippen LogP contribution >= 0.6 is 11.6 Å². The molecule has 2 aliphatic rings. The average Bonchev–Trinajstić information content (AvgIpc) is 2.40. The molecule has 98 valence electrons. The molecule has 1 spiro atoms. The summed E-state index contributed by atoms with van der Waals surface area (Å²) >= 11 is 5.82. The van der Waals surface area contributed by atoms with E-state index >= 15 is 0 Å². The second kappa shape index (κ2) is 4.73. The predicted molar refractivity (Wildman–Crippen MR) is 73.6 cm³/mol. The minimum absolute atomic E-state index is 0.206. The van der Waals surface area contributed by atoms with E-state index in [1.807, 2.05) is 0 Å². The maximum atomic E-state index is 13.9. The Labute approximate surface area is 113 Å². The second-order valence-corrected chi connectivity index (χ2v) is 6.17. The molecule has 1 aromatic carbocycles. The van der Waals surface area contributed by atoms with Crippen molar-refractivity contribution in [2.24, 2.45) is 5.41 Å².